The second kappa shape index (κ2) is 4.96. The van der Waals surface area contributed by atoms with Crippen molar-refractivity contribution in [3.8, 4) is 11.5 Å². The van der Waals surface area contributed by atoms with E-state index >= 15 is 0 Å². The average Bonchev–Trinajstić information content (AvgIpc) is 2.60. The summed E-state index contributed by atoms with van der Waals surface area (Å²) in [5, 5.41) is 9.86. The molecule has 2 rings (SSSR count). The maximum atomic E-state index is 9.86. The summed E-state index contributed by atoms with van der Waals surface area (Å²) in [6, 6.07) is 6.01. The molecule has 1 aromatic carbocycles. The van der Waals surface area contributed by atoms with Gasteiger partial charge in [-0.25, -0.2) is 0 Å². The zero-order chi connectivity index (χ0) is 12.4. The number of ether oxygens (including phenoxy) is 1. The fraction of sp³-hybridized carbons (Fsp3) is 0.571. The lowest BCUT2D eigenvalue weighted by Gasteiger charge is -2.21. The zero-order valence-electron chi connectivity index (χ0n) is 10.8. The van der Waals surface area contributed by atoms with Crippen LogP contribution < -0.4 is 4.74 Å². The van der Waals surface area contributed by atoms with Crippen molar-refractivity contribution in [1.29, 1.82) is 0 Å². The quantitative estimate of drug-likeness (QED) is 0.874. The summed E-state index contributed by atoms with van der Waals surface area (Å²) in [5.41, 5.74) is 0.949. The topological polar surface area (TPSA) is 32.7 Å². The van der Waals surface area contributed by atoms with E-state index in [2.05, 4.69) is 18.7 Å². The smallest absolute Gasteiger partial charge is 0.120 e. The number of hydrogen-bond donors (Lipinski definition) is 1. The van der Waals surface area contributed by atoms with E-state index in [1.165, 1.54) is 6.42 Å². The molecule has 1 N–H and O–H groups in total. The highest BCUT2D eigenvalue weighted by atomic mass is 16.5. The molecule has 1 fully saturated rings. The Morgan fingerprint density at radius 2 is 2.18 bits per heavy atom. The van der Waals surface area contributed by atoms with Crippen LogP contribution in [0.3, 0.4) is 0 Å². The van der Waals surface area contributed by atoms with Gasteiger partial charge in [0.2, 0.25) is 0 Å². The molecule has 0 aromatic heterocycles. The number of nitrogens with zero attached hydrogens (tertiary/aromatic N) is 1. The largest absolute Gasteiger partial charge is 0.508 e. The predicted octanol–water partition coefficient (Wildman–Crippen LogP) is 2.63. The molecule has 2 unspecified atom stereocenters. The Morgan fingerprint density at radius 3 is 2.76 bits per heavy atom. The van der Waals surface area contributed by atoms with Gasteiger partial charge in [0, 0.05) is 24.7 Å². The molecule has 0 spiro atoms. The SMILES string of the molecule is COc1ccc(O)c(CN2CC(C)CC2C)c1. The van der Waals surface area contributed by atoms with Gasteiger partial charge in [0.1, 0.15) is 11.5 Å². The van der Waals surface area contributed by atoms with E-state index in [0.717, 1.165) is 30.3 Å². The molecule has 1 aliphatic heterocycles. The fourth-order valence-electron chi connectivity index (χ4n) is 2.64. The van der Waals surface area contributed by atoms with Gasteiger partial charge in [0.25, 0.3) is 0 Å². The van der Waals surface area contributed by atoms with E-state index in [1.54, 1.807) is 19.2 Å². The molecular formula is C14H21NO2. The van der Waals surface area contributed by atoms with Gasteiger partial charge >= 0.3 is 0 Å². The standard InChI is InChI=1S/C14H21NO2/c1-10-6-11(2)15(8-10)9-12-7-13(17-3)4-5-14(12)16/h4-5,7,10-11,16H,6,8-9H2,1-3H3. The maximum absolute atomic E-state index is 9.86. The molecule has 1 aliphatic rings. The molecular weight excluding hydrogens is 214 g/mol. The number of benzene rings is 1. The Hall–Kier alpha value is -1.22. The van der Waals surface area contributed by atoms with E-state index in [9.17, 15) is 5.11 Å². The van der Waals surface area contributed by atoms with Crippen molar-refractivity contribution in [2.75, 3.05) is 13.7 Å². The van der Waals surface area contributed by atoms with Crippen LogP contribution >= 0.6 is 0 Å². The van der Waals surface area contributed by atoms with Gasteiger partial charge in [-0.05, 0) is 37.5 Å². The van der Waals surface area contributed by atoms with Crippen LogP contribution in [-0.4, -0.2) is 29.7 Å². The monoisotopic (exact) mass is 235 g/mol. The van der Waals surface area contributed by atoms with Gasteiger partial charge in [-0.1, -0.05) is 6.92 Å². The molecule has 3 nitrogen and oxygen atoms in total. The van der Waals surface area contributed by atoms with Crippen molar-refractivity contribution in [1.82, 2.24) is 4.90 Å². The first-order valence-electron chi connectivity index (χ1n) is 6.20. The fourth-order valence-corrected chi connectivity index (χ4v) is 2.64. The van der Waals surface area contributed by atoms with Gasteiger partial charge < -0.3 is 9.84 Å². The Bertz CT molecular complexity index is 392. The van der Waals surface area contributed by atoms with Crippen LogP contribution in [0, 0.1) is 5.92 Å². The normalized spacial score (nSPS) is 25.1. The molecule has 0 bridgehead atoms. The number of aromatic hydroxyl groups is 1. The van der Waals surface area contributed by atoms with Crippen LogP contribution in [0.2, 0.25) is 0 Å². The molecule has 1 saturated heterocycles. The Kier molecular flexibility index (Phi) is 3.57. The molecule has 3 heteroatoms. The summed E-state index contributed by atoms with van der Waals surface area (Å²) in [5.74, 6) is 1.91. The number of hydrogen-bond acceptors (Lipinski definition) is 3. The Morgan fingerprint density at radius 1 is 1.41 bits per heavy atom. The molecule has 1 heterocycles. The van der Waals surface area contributed by atoms with Crippen LogP contribution in [0.1, 0.15) is 25.8 Å². The third-order valence-corrected chi connectivity index (χ3v) is 3.57. The van der Waals surface area contributed by atoms with Crippen LogP contribution in [0.5, 0.6) is 11.5 Å². The van der Waals surface area contributed by atoms with Crippen molar-refractivity contribution in [3.63, 3.8) is 0 Å². The van der Waals surface area contributed by atoms with Crippen molar-refractivity contribution in [2.45, 2.75) is 32.9 Å². The minimum absolute atomic E-state index is 0.359. The molecule has 0 saturated carbocycles. The summed E-state index contributed by atoms with van der Waals surface area (Å²) in [6.07, 6.45) is 1.24. The lowest BCUT2D eigenvalue weighted by Crippen LogP contribution is -2.26. The maximum Gasteiger partial charge on any atom is 0.120 e. The minimum Gasteiger partial charge on any atom is -0.508 e. The highest BCUT2D eigenvalue weighted by Crippen LogP contribution is 2.29. The number of methoxy groups -OCH3 is 1. The van der Waals surface area contributed by atoms with E-state index < -0.39 is 0 Å². The number of phenols is 1. The summed E-state index contributed by atoms with van der Waals surface area (Å²) >= 11 is 0. The van der Waals surface area contributed by atoms with Crippen LogP contribution in [-0.2, 0) is 6.54 Å². The predicted molar refractivity (Wildman–Crippen MR) is 68.3 cm³/mol. The third-order valence-electron chi connectivity index (χ3n) is 3.57. The molecule has 1 aromatic rings. The molecule has 0 radical (unpaired) electrons. The first kappa shape index (κ1) is 12.2. The first-order valence-corrected chi connectivity index (χ1v) is 6.20. The van der Waals surface area contributed by atoms with Gasteiger partial charge in [-0.3, -0.25) is 4.90 Å². The van der Waals surface area contributed by atoms with Crippen LogP contribution in [0.15, 0.2) is 18.2 Å². The highest BCUT2D eigenvalue weighted by molar-refractivity contribution is 5.39. The number of phenolic OH excluding ortho intramolecular Hbond substituents is 1. The van der Waals surface area contributed by atoms with E-state index in [4.69, 9.17) is 4.74 Å². The van der Waals surface area contributed by atoms with Crippen LogP contribution in [0.25, 0.3) is 0 Å². The molecule has 94 valence electrons. The van der Waals surface area contributed by atoms with E-state index in [-0.39, 0.29) is 0 Å². The highest BCUT2D eigenvalue weighted by Gasteiger charge is 2.26. The second-order valence-corrected chi connectivity index (χ2v) is 5.11. The van der Waals surface area contributed by atoms with Crippen molar-refractivity contribution in [2.24, 2.45) is 5.92 Å². The van der Waals surface area contributed by atoms with Crippen molar-refractivity contribution in [3.05, 3.63) is 23.8 Å². The van der Waals surface area contributed by atoms with Crippen LogP contribution in [0.4, 0.5) is 0 Å². The number of likely N-dealkylation sites (tertiary alicyclic amines) is 1. The molecule has 2 atom stereocenters. The Balaban J connectivity index is 2.12. The lowest BCUT2D eigenvalue weighted by molar-refractivity contribution is 0.252. The third kappa shape index (κ3) is 2.72. The van der Waals surface area contributed by atoms with Gasteiger partial charge in [0.15, 0.2) is 0 Å². The number of rotatable bonds is 3. The summed E-state index contributed by atoms with van der Waals surface area (Å²) in [6.45, 7) is 6.44. The molecule has 0 amide bonds. The second-order valence-electron chi connectivity index (χ2n) is 5.11. The van der Waals surface area contributed by atoms with E-state index in [1.807, 2.05) is 6.07 Å². The van der Waals surface area contributed by atoms with Crippen molar-refractivity contribution >= 4 is 0 Å². The van der Waals surface area contributed by atoms with Gasteiger partial charge in [-0.15, -0.1) is 0 Å². The first-order chi connectivity index (χ1) is 8.10. The van der Waals surface area contributed by atoms with Gasteiger partial charge in [0.05, 0.1) is 7.11 Å². The molecule has 0 aliphatic carbocycles. The lowest BCUT2D eigenvalue weighted by atomic mass is 10.1. The summed E-state index contributed by atoms with van der Waals surface area (Å²) in [7, 11) is 1.65. The zero-order valence-corrected chi connectivity index (χ0v) is 10.8. The summed E-state index contributed by atoms with van der Waals surface area (Å²) < 4.78 is 5.19. The molecule has 17 heavy (non-hydrogen) atoms. The van der Waals surface area contributed by atoms with E-state index in [0.29, 0.717) is 11.8 Å². The Labute approximate surface area is 103 Å². The van der Waals surface area contributed by atoms with Gasteiger partial charge in [-0.2, -0.15) is 0 Å². The average molecular weight is 235 g/mol. The minimum atomic E-state index is 0.359. The summed E-state index contributed by atoms with van der Waals surface area (Å²) in [4.78, 5) is 2.42. The van der Waals surface area contributed by atoms with Crippen molar-refractivity contribution < 1.29 is 9.84 Å².